The SMILES string of the molecule is Fc1ccccc1C=[N+]1CCCCC1. The maximum absolute atomic E-state index is 13.3. The molecule has 0 spiro atoms. The summed E-state index contributed by atoms with van der Waals surface area (Å²) in [5.41, 5.74) is 0.703. The van der Waals surface area contributed by atoms with Gasteiger partial charge in [-0.25, -0.2) is 8.97 Å². The van der Waals surface area contributed by atoms with Crippen molar-refractivity contribution in [3.05, 3.63) is 35.6 Å². The summed E-state index contributed by atoms with van der Waals surface area (Å²) in [5.74, 6) is -0.127. The summed E-state index contributed by atoms with van der Waals surface area (Å²) in [6.45, 7) is 2.13. The molecule has 0 saturated carbocycles. The molecule has 1 nitrogen and oxygen atoms in total. The van der Waals surface area contributed by atoms with Crippen molar-refractivity contribution in [3.63, 3.8) is 0 Å². The van der Waals surface area contributed by atoms with E-state index in [-0.39, 0.29) is 5.82 Å². The van der Waals surface area contributed by atoms with Gasteiger partial charge in [0, 0.05) is 12.8 Å². The minimum absolute atomic E-state index is 0.127. The number of piperidine rings is 1. The molecule has 2 heteroatoms. The normalized spacial score (nSPS) is 16.8. The Labute approximate surface area is 83.9 Å². The lowest BCUT2D eigenvalue weighted by atomic mass is 10.1. The molecule has 0 unspecified atom stereocenters. The second kappa shape index (κ2) is 4.36. The van der Waals surface area contributed by atoms with Crippen LogP contribution < -0.4 is 0 Å². The molecule has 0 atom stereocenters. The minimum Gasteiger partial charge on any atom is -0.235 e. The number of halogens is 1. The highest BCUT2D eigenvalue weighted by molar-refractivity contribution is 5.75. The zero-order chi connectivity index (χ0) is 9.80. The van der Waals surface area contributed by atoms with Crippen molar-refractivity contribution in [2.45, 2.75) is 19.3 Å². The summed E-state index contributed by atoms with van der Waals surface area (Å²) in [6, 6.07) is 6.93. The van der Waals surface area contributed by atoms with Crippen LogP contribution in [-0.4, -0.2) is 23.9 Å². The van der Waals surface area contributed by atoms with Crippen molar-refractivity contribution >= 4 is 6.21 Å². The molecule has 1 aromatic carbocycles. The van der Waals surface area contributed by atoms with E-state index in [1.807, 2.05) is 18.3 Å². The number of rotatable bonds is 1. The minimum atomic E-state index is -0.127. The molecule has 0 aromatic heterocycles. The van der Waals surface area contributed by atoms with E-state index in [4.69, 9.17) is 0 Å². The summed E-state index contributed by atoms with van der Waals surface area (Å²) in [4.78, 5) is 0. The maximum Gasteiger partial charge on any atom is 0.173 e. The Kier molecular flexibility index (Phi) is 2.92. The van der Waals surface area contributed by atoms with Gasteiger partial charge in [-0.1, -0.05) is 12.1 Å². The highest BCUT2D eigenvalue weighted by atomic mass is 19.1. The quantitative estimate of drug-likeness (QED) is 0.601. The topological polar surface area (TPSA) is 3.01 Å². The monoisotopic (exact) mass is 192 g/mol. The fourth-order valence-electron chi connectivity index (χ4n) is 1.82. The Morgan fingerprint density at radius 3 is 2.50 bits per heavy atom. The maximum atomic E-state index is 13.3. The van der Waals surface area contributed by atoms with Gasteiger partial charge in [-0.3, -0.25) is 0 Å². The molecule has 1 saturated heterocycles. The number of hydrogen-bond donors (Lipinski definition) is 0. The highest BCUT2D eigenvalue weighted by Gasteiger charge is 2.11. The zero-order valence-electron chi connectivity index (χ0n) is 8.25. The van der Waals surface area contributed by atoms with Gasteiger partial charge in [-0.15, -0.1) is 0 Å². The van der Waals surface area contributed by atoms with Crippen molar-refractivity contribution in [2.75, 3.05) is 13.1 Å². The van der Waals surface area contributed by atoms with E-state index in [2.05, 4.69) is 4.58 Å². The van der Waals surface area contributed by atoms with Crippen LogP contribution >= 0.6 is 0 Å². The molecular weight excluding hydrogens is 177 g/mol. The second-order valence-corrected chi connectivity index (χ2v) is 3.75. The molecule has 0 N–H and O–H groups in total. The van der Waals surface area contributed by atoms with Gasteiger partial charge in [0.2, 0.25) is 0 Å². The molecule has 1 heterocycles. The van der Waals surface area contributed by atoms with Gasteiger partial charge < -0.3 is 0 Å². The largest absolute Gasteiger partial charge is 0.235 e. The molecule has 1 aromatic rings. The predicted molar refractivity (Wildman–Crippen MR) is 55.4 cm³/mol. The van der Waals surface area contributed by atoms with Gasteiger partial charge in [0.15, 0.2) is 6.21 Å². The summed E-state index contributed by atoms with van der Waals surface area (Å²) in [5, 5.41) is 0. The van der Waals surface area contributed by atoms with Crippen LogP contribution in [-0.2, 0) is 0 Å². The fourth-order valence-corrected chi connectivity index (χ4v) is 1.82. The summed E-state index contributed by atoms with van der Waals surface area (Å²) < 4.78 is 15.5. The van der Waals surface area contributed by atoms with E-state index in [0.717, 1.165) is 13.1 Å². The van der Waals surface area contributed by atoms with Crippen molar-refractivity contribution < 1.29 is 8.97 Å². The van der Waals surface area contributed by atoms with Crippen molar-refractivity contribution in [3.8, 4) is 0 Å². The first-order chi connectivity index (χ1) is 6.86. The molecule has 1 aliphatic rings. The van der Waals surface area contributed by atoms with E-state index in [1.165, 1.54) is 25.3 Å². The summed E-state index contributed by atoms with van der Waals surface area (Å²) in [6.07, 6.45) is 5.70. The molecule has 0 aliphatic carbocycles. The Hall–Kier alpha value is -1.18. The second-order valence-electron chi connectivity index (χ2n) is 3.75. The first-order valence-corrected chi connectivity index (χ1v) is 5.20. The molecule has 74 valence electrons. The molecule has 2 rings (SSSR count). The van der Waals surface area contributed by atoms with Gasteiger partial charge >= 0.3 is 0 Å². The van der Waals surface area contributed by atoms with Crippen molar-refractivity contribution in [2.24, 2.45) is 0 Å². The van der Waals surface area contributed by atoms with Crippen LogP contribution in [0.15, 0.2) is 24.3 Å². The van der Waals surface area contributed by atoms with E-state index in [9.17, 15) is 4.39 Å². The van der Waals surface area contributed by atoms with Crippen LogP contribution in [0.4, 0.5) is 4.39 Å². The Morgan fingerprint density at radius 1 is 1.07 bits per heavy atom. The lowest BCUT2D eigenvalue weighted by molar-refractivity contribution is -0.532. The van der Waals surface area contributed by atoms with Crippen molar-refractivity contribution in [1.29, 1.82) is 0 Å². The third-order valence-electron chi connectivity index (χ3n) is 2.62. The molecule has 0 radical (unpaired) electrons. The van der Waals surface area contributed by atoms with Gasteiger partial charge in [-0.2, -0.15) is 0 Å². The first-order valence-electron chi connectivity index (χ1n) is 5.20. The smallest absolute Gasteiger partial charge is 0.173 e. The third kappa shape index (κ3) is 2.19. The van der Waals surface area contributed by atoms with Gasteiger partial charge in [0.1, 0.15) is 18.9 Å². The Balaban J connectivity index is 2.19. The lowest BCUT2D eigenvalue weighted by Crippen LogP contribution is -2.21. The Bertz CT molecular complexity index is 336. The summed E-state index contributed by atoms with van der Waals surface area (Å²) in [7, 11) is 0. The summed E-state index contributed by atoms with van der Waals surface area (Å²) >= 11 is 0. The van der Waals surface area contributed by atoms with Crippen LogP contribution in [0.2, 0.25) is 0 Å². The predicted octanol–water partition coefficient (Wildman–Crippen LogP) is 2.44. The third-order valence-corrected chi connectivity index (χ3v) is 2.62. The highest BCUT2D eigenvalue weighted by Crippen LogP contribution is 2.07. The van der Waals surface area contributed by atoms with E-state index < -0.39 is 0 Å². The van der Waals surface area contributed by atoms with Crippen LogP contribution in [0, 0.1) is 5.82 Å². The van der Waals surface area contributed by atoms with E-state index in [1.54, 1.807) is 6.07 Å². The van der Waals surface area contributed by atoms with Gasteiger partial charge in [0.25, 0.3) is 0 Å². The molecular formula is C12H15FN+. The molecule has 0 bridgehead atoms. The number of benzene rings is 1. The van der Waals surface area contributed by atoms with Crippen LogP contribution in [0.25, 0.3) is 0 Å². The lowest BCUT2D eigenvalue weighted by Gasteiger charge is -2.09. The van der Waals surface area contributed by atoms with Crippen LogP contribution in [0.5, 0.6) is 0 Å². The first kappa shape index (κ1) is 9.38. The fraction of sp³-hybridized carbons (Fsp3) is 0.417. The average molecular weight is 192 g/mol. The zero-order valence-corrected chi connectivity index (χ0v) is 8.25. The Morgan fingerprint density at radius 2 is 1.79 bits per heavy atom. The van der Waals surface area contributed by atoms with Crippen molar-refractivity contribution in [1.82, 2.24) is 0 Å². The van der Waals surface area contributed by atoms with E-state index >= 15 is 0 Å². The molecule has 14 heavy (non-hydrogen) atoms. The average Bonchev–Trinajstić information content (AvgIpc) is 2.23. The number of hydrogen-bond acceptors (Lipinski definition) is 0. The standard InChI is InChI=1S/C12H15FN/c13-12-7-3-2-6-11(12)10-14-8-4-1-5-9-14/h2-3,6-7,10H,1,4-5,8-9H2/q+1. The van der Waals surface area contributed by atoms with Gasteiger partial charge in [0.05, 0.1) is 5.56 Å². The molecule has 0 amide bonds. The number of nitrogens with zero attached hydrogens (tertiary/aromatic N) is 1. The van der Waals surface area contributed by atoms with Crippen LogP contribution in [0.3, 0.4) is 0 Å². The van der Waals surface area contributed by atoms with E-state index in [0.29, 0.717) is 5.56 Å². The molecule has 1 aliphatic heterocycles. The van der Waals surface area contributed by atoms with Crippen LogP contribution in [0.1, 0.15) is 24.8 Å². The van der Waals surface area contributed by atoms with Gasteiger partial charge in [-0.05, 0) is 18.6 Å². The molecule has 1 fully saturated rings.